The van der Waals surface area contributed by atoms with Crippen molar-refractivity contribution >= 4 is 5.91 Å². The summed E-state index contributed by atoms with van der Waals surface area (Å²) in [7, 11) is 0. The van der Waals surface area contributed by atoms with E-state index < -0.39 is 12.3 Å². The molecule has 7 atom stereocenters. The third-order valence-corrected chi connectivity index (χ3v) is 13.2. The number of carbonyl (C=O) groups is 1. The number of halogens is 1. The van der Waals surface area contributed by atoms with Crippen LogP contribution in [0.25, 0.3) is 0 Å². The van der Waals surface area contributed by atoms with Crippen molar-refractivity contribution < 1.29 is 19.4 Å². The van der Waals surface area contributed by atoms with Gasteiger partial charge in [-0.25, -0.2) is 4.39 Å². The maximum absolute atomic E-state index is 16.1. The van der Waals surface area contributed by atoms with Crippen LogP contribution in [0.1, 0.15) is 192 Å². The Morgan fingerprint density at radius 3 is 2.02 bits per heavy atom. The molecule has 2 fully saturated rings. The lowest BCUT2D eigenvalue weighted by Crippen LogP contribution is -2.51. The van der Waals surface area contributed by atoms with Gasteiger partial charge in [-0.1, -0.05) is 130 Å². The number of unbranched alkanes of at least 4 members (excludes halogenated alkanes) is 16. The molecule has 1 amide bonds. The fraction of sp³-hybridized carbons (Fsp3) is 0.841. The minimum atomic E-state index is -0.948. The van der Waals surface area contributed by atoms with Crippen molar-refractivity contribution in [3.8, 4) is 5.75 Å². The molecule has 4 rings (SSSR count). The number of benzene rings is 1. The van der Waals surface area contributed by atoms with Crippen LogP contribution in [0.3, 0.4) is 0 Å². The normalized spacial score (nSPS) is 27.4. The number of hydrogen-bond acceptors (Lipinski definition) is 3. The van der Waals surface area contributed by atoms with Crippen molar-refractivity contribution in [2.24, 2.45) is 23.2 Å². The molecule has 2 N–H and O–H groups in total. The van der Waals surface area contributed by atoms with Crippen molar-refractivity contribution in [1.82, 2.24) is 4.90 Å². The molecular weight excluding hydrogens is 609 g/mol. The molecule has 0 radical (unpaired) electrons. The Labute approximate surface area is 300 Å². The first-order chi connectivity index (χ1) is 23.8. The first-order valence-corrected chi connectivity index (χ1v) is 21.2. The molecule has 0 heterocycles. The molecule has 3 aliphatic rings. The molecule has 1 aromatic carbocycles. The number of alkyl halides is 1. The molecule has 0 spiro atoms. The minimum absolute atomic E-state index is 0.120. The van der Waals surface area contributed by atoms with E-state index in [2.05, 4.69) is 25.7 Å². The summed E-state index contributed by atoms with van der Waals surface area (Å²) in [5.74, 6) is 1.53. The summed E-state index contributed by atoms with van der Waals surface area (Å²) < 4.78 is 16.1. The molecule has 49 heavy (non-hydrogen) atoms. The number of phenolic OH excluding ortho intramolecular Hbond substituents is 1. The van der Waals surface area contributed by atoms with E-state index in [0.717, 1.165) is 88.4 Å². The lowest BCUT2D eigenvalue weighted by atomic mass is 9.51. The molecule has 0 bridgehead atoms. The number of hydrogen-bond donors (Lipinski definition) is 2. The predicted octanol–water partition coefficient (Wildman–Crippen LogP) is 11.8. The van der Waals surface area contributed by atoms with Crippen LogP contribution >= 0.6 is 0 Å². The summed E-state index contributed by atoms with van der Waals surface area (Å²) in [5, 5.41) is 21.2. The van der Waals surface area contributed by atoms with Crippen LogP contribution in [-0.2, 0) is 11.2 Å². The van der Waals surface area contributed by atoms with Gasteiger partial charge in [-0.3, -0.25) is 4.79 Å². The highest BCUT2D eigenvalue weighted by Crippen LogP contribution is 2.63. The molecule has 5 heteroatoms. The first-order valence-electron chi connectivity index (χ1n) is 21.2. The fourth-order valence-electron chi connectivity index (χ4n) is 10.3. The van der Waals surface area contributed by atoms with Gasteiger partial charge in [0, 0.05) is 25.4 Å². The molecule has 0 aromatic heterocycles. The van der Waals surface area contributed by atoms with Gasteiger partial charge >= 0.3 is 0 Å². The van der Waals surface area contributed by atoms with E-state index in [9.17, 15) is 15.0 Å². The molecule has 2 saturated carbocycles. The first kappa shape index (κ1) is 40.2. The van der Waals surface area contributed by atoms with Gasteiger partial charge in [0.1, 0.15) is 11.9 Å². The summed E-state index contributed by atoms with van der Waals surface area (Å²) in [4.78, 5) is 15.5. The average molecular weight is 684 g/mol. The smallest absolute Gasteiger partial charge is 0.222 e. The van der Waals surface area contributed by atoms with E-state index in [1.165, 1.54) is 83.5 Å². The number of fused-ring (bicyclic) bond motifs is 5. The molecule has 0 saturated heterocycles. The van der Waals surface area contributed by atoms with Crippen LogP contribution in [0.4, 0.5) is 4.39 Å². The van der Waals surface area contributed by atoms with Gasteiger partial charge in [0.2, 0.25) is 5.91 Å². The summed E-state index contributed by atoms with van der Waals surface area (Å²) in [6, 6.07) is 5.59. The Balaban J connectivity index is 1.24. The van der Waals surface area contributed by atoms with Crippen LogP contribution in [0.5, 0.6) is 5.75 Å². The van der Waals surface area contributed by atoms with Crippen molar-refractivity contribution in [1.29, 1.82) is 0 Å². The Morgan fingerprint density at radius 1 is 0.816 bits per heavy atom. The maximum Gasteiger partial charge on any atom is 0.222 e. The van der Waals surface area contributed by atoms with Gasteiger partial charge < -0.3 is 15.1 Å². The second kappa shape index (κ2) is 21.0. The number of carbonyl (C=O) groups excluding carboxylic acids is 1. The Morgan fingerprint density at radius 2 is 1.39 bits per heavy atom. The molecule has 0 aliphatic heterocycles. The highest BCUT2D eigenvalue weighted by atomic mass is 19.1. The second-order valence-electron chi connectivity index (χ2n) is 16.8. The Kier molecular flexibility index (Phi) is 17.2. The minimum Gasteiger partial charge on any atom is -0.508 e. The van der Waals surface area contributed by atoms with E-state index >= 15 is 4.39 Å². The number of aliphatic hydroxyl groups is 1. The molecule has 3 aliphatic carbocycles. The summed E-state index contributed by atoms with van der Waals surface area (Å²) in [6.07, 6.45) is 27.1. The highest BCUT2D eigenvalue weighted by Gasteiger charge is 2.59. The number of aliphatic hydroxyl groups excluding tert-OH is 1. The van der Waals surface area contributed by atoms with Gasteiger partial charge in [0.25, 0.3) is 0 Å². The maximum atomic E-state index is 16.1. The van der Waals surface area contributed by atoms with Crippen molar-refractivity contribution in [2.45, 2.75) is 199 Å². The van der Waals surface area contributed by atoms with Crippen LogP contribution in [-0.4, -0.2) is 46.4 Å². The molecule has 280 valence electrons. The third-order valence-electron chi connectivity index (χ3n) is 13.2. The van der Waals surface area contributed by atoms with Crippen LogP contribution in [0.15, 0.2) is 18.2 Å². The van der Waals surface area contributed by atoms with Gasteiger partial charge in [-0.2, -0.15) is 0 Å². The zero-order valence-electron chi connectivity index (χ0n) is 31.9. The van der Waals surface area contributed by atoms with Crippen LogP contribution in [0.2, 0.25) is 0 Å². The quantitative estimate of drug-likeness (QED) is 0.107. The standard InChI is InChI=1S/C44H74FNO3/c1-4-6-8-10-12-13-14-15-20-24-41(49)46(29-21-17-11-9-7-5-2)30-22-18-16-19-23-34-31-35-32-36(47)25-26-37(35)43-39(45)33-44(3)38(42(34)43)27-28-40(44)48/h25-26,32,34,38-40,42-43,47-48H,4-24,27-31,33H2,1-3H3/t34-,38+,39+,40+,42+,43+,44+/m1/s1. The summed E-state index contributed by atoms with van der Waals surface area (Å²) in [5.41, 5.74) is 1.91. The zero-order chi connectivity index (χ0) is 35.1. The number of phenols is 1. The zero-order valence-corrected chi connectivity index (χ0v) is 31.9. The molecule has 0 unspecified atom stereocenters. The second-order valence-corrected chi connectivity index (χ2v) is 16.8. The highest BCUT2D eigenvalue weighted by molar-refractivity contribution is 5.76. The predicted molar refractivity (Wildman–Crippen MR) is 203 cm³/mol. The topological polar surface area (TPSA) is 60.8 Å². The van der Waals surface area contributed by atoms with E-state index in [4.69, 9.17) is 0 Å². The molecular formula is C44H74FNO3. The number of rotatable bonds is 24. The average Bonchev–Trinajstić information content (AvgIpc) is 3.38. The third kappa shape index (κ3) is 11.4. The summed E-state index contributed by atoms with van der Waals surface area (Å²) >= 11 is 0. The van der Waals surface area contributed by atoms with Crippen LogP contribution in [0, 0.1) is 23.2 Å². The largest absolute Gasteiger partial charge is 0.508 e. The van der Waals surface area contributed by atoms with Gasteiger partial charge in [0.05, 0.1) is 6.10 Å². The Hall–Kier alpha value is -1.62. The monoisotopic (exact) mass is 684 g/mol. The van der Waals surface area contributed by atoms with Crippen LogP contribution < -0.4 is 0 Å². The summed E-state index contributed by atoms with van der Waals surface area (Å²) in [6.45, 7) is 8.47. The van der Waals surface area contributed by atoms with E-state index in [1.807, 2.05) is 12.1 Å². The van der Waals surface area contributed by atoms with Gasteiger partial charge in [0.15, 0.2) is 0 Å². The molecule has 1 aromatic rings. The van der Waals surface area contributed by atoms with Crippen molar-refractivity contribution in [3.63, 3.8) is 0 Å². The van der Waals surface area contributed by atoms with E-state index in [0.29, 0.717) is 30.6 Å². The van der Waals surface area contributed by atoms with Crippen molar-refractivity contribution in [3.05, 3.63) is 29.3 Å². The molecule has 4 nitrogen and oxygen atoms in total. The Bertz CT molecular complexity index is 1090. The SMILES string of the molecule is CCCCCCCCCCCC(=O)N(CCCCCCCC)CCCCCC[C@@H]1Cc2cc(O)ccc2[C@@H]2[C@@H]1[C@@H]1CC[C@H](O)[C@@]1(C)C[C@@H]2F. The van der Waals surface area contributed by atoms with Gasteiger partial charge in [-0.15, -0.1) is 0 Å². The number of amides is 1. The fourth-order valence-corrected chi connectivity index (χ4v) is 10.3. The van der Waals surface area contributed by atoms with Crippen molar-refractivity contribution in [2.75, 3.05) is 13.1 Å². The lowest BCUT2D eigenvalue weighted by Gasteiger charge is -2.54. The number of nitrogens with zero attached hydrogens (tertiary/aromatic N) is 1. The van der Waals surface area contributed by atoms with E-state index in [1.54, 1.807) is 6.07 Å². The van der Waals surface area contributed by atoms with Gasteiger partial charge in [-0.05, 0) is 97.8 Å². The lowest BCUT2D eigenvalue weighted by molar-refractivity contribution is -0.131. The van der Waals surface area contributed by atoms with E-state index in [-0.39, 0.29) is 23.0 Å². The number of aromatic hydroxyl groups is 1.